The van der Waals surface area contributed by atoms with Crippen LogP contribution in [0.25, 0.3) is 0 Å². The Morgan fingerprint density at radius 2 is 2.40 bits per heavy atom. The van der Waals surface area contributed by atoms with Crippen LogP contribution in [0.5, 0.6) is 0 Å². The van der Waals surface area contributed by atoms with Crippen LogP contribution in [-0.4, -0.2) is 19.1 Å². The first kappa shape index (κ1) is 7.59. The second-order valence-corrected chi connectivity index (χ2v) is 2.56. The minimum atomic E-state index is 0.493. The van der Waals surface area contributed by atoms with Crippen molar-refractivity contribution in [3.8, 4) is 11.8 Å². The van der Waals surface area contributed by atoms with Gasteiger partial charge in [0.2, 0.25) is 0 Å². The molecular formula is C8H14N2. The molecule has 0 aromatic rings. The molecule has 1 aliphatic heterocycles. The van der Waals surface area contributed by atoms with Gasteiger partial charge in [-0.05, 0) is 19.4 Å². The van der Waals surface area contributed by atoms with Crippen molar-refractivity contribution >= 4 is 0 Å². The highest BCUT2D eigenvalue weighted by molar-refractivity contribution is 5.02. The summed E-state index contributed by atoms with van der Waals surface area (Å²) >= 11 is 0. The molecular weight excluding hydrogens is 124 g/mol. The summed E-state index contributed by atoms with van der Waals surface area (Å²) in [6.45, 7) is 1.65. The minimum absolute atomic E-state index is 0.493. The summed E-state index contributed by atoms with van der Waals surface area (Å²) in [7, 11) is 0. The van der Waals surface area contributed by atoms with Crippen molar-refractivity contribution in [2.45, 2.75) is 25.3 Å². The molecule has 0 spiro atoms. The molecule has 3 N–H and O–H groups in total. The Balaban J connectivity index is 2.12. The molecule has 0 aliphatic carbocycles. The van der Waals surface area contributed by atoms with Crippen molar-refractivity contribution < 1.29 is 0 Å². The van der Waals surface area contributed by atoms with E-state index in [9.17, 15) is 0 Å². The second kappa shape index (κ2) is 4.32. The fourth-order valence-corrected chi connectivity index (χ4v) is 1.20. The van der Waals surface area contributed by atoms with Crippen molar-refractivity contribution in [2.75, 3.05) is 13.1 Å². The largest absolute Gasteiger partial charge is 0.320 e. The maximum Gasteiger partial charge on any atom is 0.0551 e. The highest BCUT2D eigenvalue weighted by atomic mass is 14.9. The van der Waals surface area contributed by atoms with Gasteiger partial charge in [0.05, 0.1) is 6.54 Å². The number of nitrogens with two attached hydrogens (primary N) is 1. The van der Waals surface area contributed by atoms with Crippen LogP contribution >= 0.6 is 0 Å². The predicted molar refractivity (Wildman–Crippen MR) is 42.5 cm³/mol. The fraction of sp³-hybridized carbons (Fsp3) is 0.750. The van der Waals surface area contributed by atoms with Crippen molar-refractivity contribution in [3.05, 3.63) is 0 Å². The van der Waals surface area contributed by atoms with E-state index in [0.29, 0.717) is 12.6 Å². The van der Waals surface area contributed by atoms with E-state index in [2.05, 4.69) is 17.2 Å². The maximum absolute atomic E-state index is 5.22. The Morgan fingerprint density at radius 1 is 1.50 bits per heavy atom. The molecule has 1 rings (SSSR count). The molecule has 1 aliphatic rings. The second-order valence-electron chi connectivity index (χ2n) is 2.56. The van der Waals surface area contributed by atoms with E-state index < -0.39 is 0 Å². The average Bonchev–Trinajstić information content (AvgIpc) is 2.41. The first-order chi connectivity index (χ1) is 4.93. The van der Waals surface area contributed by atoms with Crippen LogP contribution in [0.15, 0.2) is 0 Å². The van der Waals surface area contributed by atoms with Crippen molar-refractivity contribution in [1.82, 2.24) is 5.32 Å². The Kier molecular flexibility index (Phi) is 3.28. The molecule has 2 heteroatoms. The van der Waals surface area contributed by atoms with Crippen LogP contribution in [0.1, 0.15) is 19.3 Å². The molecule has 0 radical (unpaired) electrons. The summed E-state index contributed by atoms with van der Waals surface area (Å²) in [5.74, 6) is 5.90. The lowest BCUT2D eigenvalue weighted by atomic mass is 10.2. The van der Waals surface area contributed by atoms with Gasteiger partial charge >= 0.3 is 0 Å². The third kappa shape index (κ3) is 2.38. The highest BCUT2D eigenvalue weighted by Crippen LogP contribution is 2.06. The van der Waals surface area contributed by atoms with E-state index in [0.717, 1.165) is 13.0 Å². The minimum Gasteiger partial charge on any atom is -0.320 e. The SMILES string of the molecule is NCC#CCC1CCCN1. The van der Waals surface area contributed by atoms with Crippen LogP contribution in [0.4, 0.5) is 0 Å². The van der Waals surface area contributed by atoms with Crippen LogP contribution in [0, 0.1) is 11.8 Å². The number of nitrogens with one attached hydrogen (secondary N) is 1. The van der Waals surface area contributed by atoms with Crippen molar-refractivity contribution in [3.63, 3.8) is 0 Å². The zero-order chi connectivity index (χ0) is 7.23. The van der Waals surface area contributed by atoms with E-state index in [1.807, 2.05) is 0 Å². The van der Waals surface area contributed by atoms with Crippen molar-refractivity contribution in [1.29, 1.82) is 0 Å². The van der Waals surface area contributed by atoms with Gasteiger partial charge in [0.15, 0.2) is 0 Å². The van der Waals surface area contributed by atoms with Gasteiger partial charge < -0.3 is 11.1 Å². The number of rotatable bonds is 1. The quantitative estimate of drug-likeness (QED) is 0.504. The lowest BCUT2D eigenvalue weighted by molar-refractivity contribution is 0.623. The van der Waals surface area contributed by atoms with Gasteiger partial charge in [-0.3, -0.25) is 0 Å². The van der Waals surface area contributed by atoms with E-state index in [1.165, 1.54) is 12.8 Å². The van der Waals surface area contributed by atoms with Gasteiger partial charge in [-0.1, -0.05) is 5.92 Å². The van der Waals surface area contributed by atoms with Gasteiger partial charge in [-0.15, -0.1) is 5.92 Å². The summed E-state index contributed by atoms with van der Waals surface area (Å²) in [4.78, 5) is 0. The molecule has 1 saturated heterocycles. The third-order valence-electron chi connectivity index (χ3n) is 1.74. The molecule has 1 heterocycles. The molecule has 0 aromatic heterocycles. The smallest absolute Gasteiger partial charge is 0.0551 e. The molecule has 1 unspecified atom stereocenters. The topological polar surface area (TPSA) is 38.0 Å². The summed E-state index contributed by atoms with van der Waals surface area (Å²) in [5, 5.41) is 3.37. The Bertz CT molecular complexity index is 137. The molecule has 56 valence electrons. The highest BCUT2D eigenvalue weighted by Gasteiger charge is 2.11. The van der Waals surface area contributed by atoms with Crippen molar-refractivity contribution in [2.24, 2.45) is 5.73 Å². The standard InChI is InChI=1S/C8H14N2/c9-6-2-1-4-8-5-3-7-10-8/h8,10H,3-7,9H2. The van der Waals surface area contributed by atoms with Crippen LogP contribution in [-0.2, 0) is 0 Å². The third-order valence-corrected chi connectivity index (χ3v) is 1.74. The first-order valence-electron chi connectivity index (χ1n) is 3.82. The monoisotopic (exact) mass is 138 g/mol. The molecule has 0 bridgehead atoms. The fourth-order valence-electron chi connectivity index (χ4n) is 1.20. The maximum atomic E-state index is 5.22. The van der Waals surface area contributed by atoms with E-state index in [-0.39, 0.29) is 0 Å². The van der Waals surface area contributed by atoms with Gasteiger partial charge in [-0.25, -0.2) is 0 Å². The van der Waals surface area contributed by atoms with Gasteiger partial charge in [0.1, 0.15) is 0 Å². The first-order valence-corrected chi connectivity index (χ1v) is 3.82. The average molecular weight is 138 g/mol. The summed E-state index contributed by atoms with van der Waals surface area (Å²) in [6, 6.07) is 0.638. The number of hydrogen-bond acceptors (Lipinski definition) is 2. The molecule has 1 atom stereocenters. The van der Waals surface area contributed by atoms with E-state index >= 15 is 0 Å². The van der Waals surface area contributed by atoms with Crippen LogP contribution in [0.3, 0.4) is 0 Å². The zero-order valence-corrected chi connectivity index (χ0v) is 6.19. The summed E-state index contributed by atoms with van der Waals surface area (Å²) in [5.41, 5.74) is 5.22. The molecule has 0 amide bonds. The van der Waals surface area contributed by atoms with Crippen LogP contribution < -0.4 is 11.1 Å². The normalized spacial score (nSPS) is 23.9. The molecule has 0 saturated carbocycles. The number of hydrogen-bond donors (Lipinski definition) is 2. The van der Waals surface area contributed by atoms with Crippen LogP contribution in [0.2, 0.25) is 0 Å². The predicted octanol–water partition coefficient (Wildman–Crippen LogP) is 0.0906. The van der Waals surface area contributed by atoms with Gasteiger partial charge in [0, 0.05) is 12.5 Å². The van der Waals surface area contributed by atoms with E-state index in [1.54, 1.807) is 0 Å². The Labute approximate surface area is 62.2 Å². The van der Waals surface area contributed by atoms with Gasteiger partial charge in [-0.2, -0.15) is 0 Å². The molecule has 0 aromatic carbocycles. The lowest BCUT2D eigenvalue weighted by Crippen LogP contribution is -2.20. The molecule has 1 fully saturated rings. The lowest BCUT2D eigenvalue weighted by Gasteiger charge is -2.02. The molecule has 10 heavy (non-hydrogen) atoms. The summed E-state index contributed by atoms with van der Waals surface area (Å²) < 4.78 is 0. The van der Waals surface area contributed by atoms with E-state index in [4.69, 9.17) is 5.73 Å². The van der Waals surface area contributed by atoms with Gasteiger partial charge in [0.25, 0.3) is 0 Å². The Morgan fingerprint density at radius 3 is 3.00 bits per heavy atom. The summed E-state index contributed by atoms with van der Waals surface area (Å²) in [6.07, 6.45) is 3.55. The molecule has 2 nitrogen and oxygen atoms in total. The zero-order valence-electron chi connectivity index (χ0n) is 6.19. The Hall–Kier alpha value is -0.520.